The molecule has 2 heterocycles. The Morgan fingerprint density at radius 3 is 1.68 bits per heavy atom. The van der Waals surface area contributed by atoms with Gasteiger partial charge in [-0.1, -0.05) is 0 Å². The first-order chi connectivity index (χ1) is 9.00. The highest BCUT2D eigenvalue weighted by Crippen LogP contribution is 2.54. The molecule has 7 nitrogen and oxygen atoms in total. The van der Waals surface area contributed by atoms with Crippen molar-refractivity contribution in [3.63, 3.8) is 0 Å². The van der Waals surface area contributed by atoms with Crippen molar-refractivity contribution in [1.82, 2.24) is 0 Å². The first kappa shape index (κ1) is 14.0. The van der Waals surface area contributed by atoms with Gasteiger partial charge in [-0.05, 0) is 12.8 Å². The predicted octanol–water partition coefficient (Wildman–Crippen LogP) is -1.08. The quantitative estimate of drug-likeness (QED) is 0.627. The smallest absolute Gasteiger partial charge is 0.337 e. The zero-order valence-electron chi connectivity index (χ0n) is 10.8. The summed E-state index contributed by atoms with van der Waals surface area (Å²) in [6, 6.07) is 0. The second-order valence-electron chi connectivity index (χ2n) is 4.64. The number of esters is 2. The van der Waals surface area contributed by atoms with Crippen molar-refractivity contribution in [3.8, 4) is 0 Å². The summed E-state index contributed by atoms with van der Waals surface area (Å²) in [5.74, 6) is -1.52. The zero-order valence-corrected chi connectivity index (χ0v) is 10.8. The Bertz CT molecular complexity index is 415. The SMILES string of the molecule is COC(=O)C1=C(C(=O)OC)[C@]2(CO)CC[C@@]1(CO)O2. The lowest BCUT2D eigenvalue weighted by molar-refractivity contribution is -0.140. The maximum Gasteiger partial charge on any atom is 0.337 e. The predicted molar refractivity (Wildman–Crippen MR) is 61.0 cm³/mol. The second kappa shape index (κ2) is 4.59. The van der Waals surface area contributed by atoms with E-state index in [1.807, 2.05) is 0 Å². The van der Waals surface area contributed by atoms with Crippen molar-refractivity contribution in [2.45, 2.75) is 24.0 Å². The number of carbonyl (C=O) groups is 2. The molecule has 2 aliphatic rings. The molecule has 0 radical (unpaired) electrons. The first-order valence-electron chi connectivity index (χ1n) is 5.84. The van der Waals surface area contributed by atoms with Crippen LogP contribution >= 0.6 is 0 Å². The lowest BCUT2D eigenvalue weighted by Crippen LogP contribution is -2.38. The third kappa shape index (κ3) is 1.69. The number of ether oxygens (including phenoxy) is 3. The van der Waals surface area contributed by atoms with Crippen LogP contribution in [0.5, 0.6) is 0 Å². The zero-order chi connectivity index (χ0) is 14.3. The summed E-state index contributed by atoms with van der Waals surface area (Å²) in [6.45, 7) is -0.945. The van der Waals surface area contributed by atoms with E-state index in [4.69, 9.17) is 4.74 Å². The molecule has 0 saturated carbocycles. The molecule has 19 heavy (non-hydrogen) atoms. The van der Waals surface area contributed by atoms with Gasteiger partial charge in [0.1, 0.15) is 11.2 Å². The topological polar surface area (TPSA) is 102 Å². The minimum Gasteiger partial charge on any atom is -0.466 e. The van der Waals surface area contributed by atoms with E-state index in [-0.39, 0.29) is 11.1 Å². The van der Waals surface area contributed by atoms with Gasteiger partial charge in [-0.25, -0.2) is 9.59 Å². The van der Waals surface area contributed by atoms with E-state index in [0.29, 0.717) is 12.8 Å². The van der Waals surface area contributed by atoms with Crippen molar-refractivity contribution in [2.75, 3.05) is 27.4 Å². The van der Waals surface area contributed by atoms with E-state index in [2.05, 4.69) is 9.47 Å². The summed E-state index contributed by atoms with van der Waals surface area (Å²) in [7, 11) is 2.35. The fourth-order valence-electron chi connectivity index (χ4n) is 2.85. The molecule has 0 aromatic heterocycles. The van der Waals surface area contributed by atoms with Crippen LogP contribution in [-0.4, -0.2) is 60.8 Å². The van der Waals surface area contributed by atoms with Crippen LogP contribution in [0.4, 0.5) is 0 Å². The van der Waals surface area contributed by atoms with E-state index >= 15 is 0 Å². The van der Waals surface area contributed by atoms with Gasteiger partial charge in [-0.3, -0.25) is 0 Å². The van der Waals surface area contributed by atoms with Gasteiger partial charge >= 0.3 is 11.9 Å². The molecular weight excluding hydrogens is 256 g/mol. The maximum atomic E-state index is 11.9. The van der Waals surface area contributed by atoms with Crippen molar-refractivity contribution >= 4 is 11.9 Å². The number of fused-ring (bicyclic) bond motifs is 2. The Balaban J connectivity index is 2.64. The molecule has 0 amide bonds. The summed E-state index contributed by atoms with van der Waals surface area (Å²) in [4.78, 5) is 23.8. The lowest BCUT2D eigenvalue weighted by Gasteiger charge is -2.25. The van der Waals surface area contributed by atoms with Crippen molar-refractivity contribution in [3.05, 3.63) is 11.1 Å². The van der Waals surface area contributed by atoms with E-state index in [0.717, 1.165) is 0 Å². The number of aliphatic hydroxyl groups is 2. The van der Waals surface area contributed by atoms with Gasteiger partial charge < -0.3 is 24.4 Å². The van der Waals surface area contributed by atoms with E-state index < -0.39 is 36.4 Å². The van der Waals surface area contributed by atoms with Gasteiger partial charge in [-0.2, -0.15) is 0 Å². The average Bonchev–Trinajstić information content (AvgIpc) is 2.97. The summed E-state index contributed by atoms with van der Waals surface area (Å²) < 4.78 is 14.9. The molecule has 2 N–H and O–H groups in total. The summed E-state index contributed by atoms with van der Waals surface area (Å²) in [5.41, 5.74) is -2.69. The molecule has 1 saturated heterocycles. The van der Waals surface area contributed by atoms with Crippen LogP contribution in [-0.2, 0) is 23.8 Å². The van der Waals surface area contributed by atoms with Gasteiger partial charge in [0.15, 0.2) is 0 Å². The molecule has 0 aromatic rings. The Morgan fingerprint density at radius 2 is 1.42 bits per heavy atom. The number of hydrogen-bond donors (Lipinski definition) is 2. The fraction of sp³-hybridized carbons (Fsp3) is 0.667. The van der Waals surface area contributed by atoms with Crippen LogP contribution in [0.3, 0.4) is 0 Å². The van der Waals surface area contributed by atoms with Gasteiger partial charge in [0.25, 0.3) is 0 Å². The normalized spacial score (nSPS) is 32.6. The van der Waals surface area contributed by atoms with E-state index in [1.54, 1.807) is 0 Å². The summed E-state index contributed by atoms with van der Waals surface area (Å²) in [6.07, 6.45) is 0.657. The van der Waals surface area contributed by atoms with Crippen molar-refractivity contribution in [2.24, 2.45) is 0 Å². The molecule has 106 valence electrons. The minimum atomic E-state index is -1.29. The van der Waals surface area contributed by atoms with Crippen LogP contribution in [0.25, 0.3) is 0 Å². The van der Waals surface area contributed by atoms with Gasteiger partial charge in [0.2, 0.25) is 0 Å². The number of hydrogen-bond acceptors (Lipinski definition) is 7. The average molecular weight is 272 g/mol. The van der Waals surface area contributed by atoms with Crippen LogP contribution in [0.15, 0.2) is 11.1 Å². The second-order valence-corrected chi connectivity index (χ2v) is 4.64. The monoisotopic (exact) mass is 272 g/mol. The molecule has 0 aliphatic carbocycles. The molecule has 7 heteroatoms. The Labute approximate surface area is 109 Å². The van der Waals surface area contributed by atoms with Crippen LogP contribution < -0.4 is 0 Å². The standard InChI is InChI=1S/C12H16O7/c1-17-9(15)7-8(10(16)18-2)12(6-14)4-3-11(7,5-13)19-12/h13-14H,3-6H2,1-2H3/t11-,12+. The van der Waals surface area contributed by atoms with Crippen molar-refractivity contribution in [1.29, 1.82) is 0 Å². The maximum absolute atomic E-state index is 11.9. The van der Waals surface area contributed by atoms with Crippen LogP contribution in [0.2, 0.25) is 0 Å². The molecule has 1 fully saturated rings. The van der Waals surface area contributed by atoms with E-state index in [9.17, 15) is 19.8 Å². The molecule has 0 aromatic carbocycles. The highest BCUT2D eigenvalue weighted by Gasteiger charge is 2.64. The fourth-order valence-corrected chi connectivity index (χ4v) is 2.85. The highest BCUT2D eigenvalue weighted by molar-refractivity contribution is 6.05. The summed E-state index contributed by atoms with van der Waals surface area (Å²) >= 11 is 0. The molecule has 2 atom stereocenters. The van der Waals surface area contributed by atoms with Gasteiger partial charge in [0.05, 0.1) is 38.6 Å². The number of methoxy groups -OCH3 is 2. The third-order valence-electron chi connectivity index (χ3n) is 3.77. The number of rotatable bonds is 4. The van der Waals surface area contributed by atoms with E-state index in [1.165, 1.54) is 14.2 Å². The largest absolute Gasteiger partial charge is 0.466 e. The molecule has 2 bridgehead atoms. The van der Waals surface area contributed by atoms with Crippen LogP contribution in [0.1, 0.15) is 12.8 Å². The minimum absolute atomic E-state index is 0.0512. The van der Waals surface area contributed by atoms with Crippen molar-refractivity contribution < 1.29 is 34.0 Å². The highest BCUT2D eigenvalue weighted by atomic mass is 16.6. The third-order valence-corrected chi connectivity index (χ3v) is 3.77. The van der Waals surface area contributed by atoms with Gasteiger partial charge in [-0.15, -0.1) is 0 Å². The molecule has 0 unspecified atom stereocenters. The molecule has 2 aliphatic heterocycles. The Hall–Kier alpha value is -1.44. The number of carbonyl (C=O) groups excluding carboxylic acids is 2. The van der Waals surface area contributed by atoms with Gasteiger partial charge in [0, 0.05) is 0 Å². The Kier molecular flexibility index (Phi) is 3.38. The first-order valence-corrected chi connectivity index (χ1v) is 5.84. The van der Waals surface area contributed by atoms with Crippen LogP contribution in [0, 0.1) is 0 Å². The summed E-state index contributed by atoms with van der Waals surface area (Å²) in [5, 5.41) is 19.1. The Morgan fingerprint density at radius 1 is 1.05 bits per heavy atom. The molecule has 0 spiro atoms. The molecule has 2 rings (SSSR count). The molecular formula is C12H16O7. The number of aliphatic hydroxyl groups excluding tert-OH is 2. The lowest BCUT2D eigenvalue weighted by atomic mass is 9.77.